The van der Waals surface area contributed by atoms with E-state index in [0.717, 1.165) is 25.2 Å². The summed E-state index contributed by atoms with van der Waals surface area (Å²) < 4.78 is 0. The molecule has 2 heterocycles. The topological polar surface area (TPSA) is 61.4 Å². The Hall–Kier alpha value is -1.59. The molecule has 2 N–H and O–H groups in total. The van der Waals surface area contributed by atoms with Gasteiger partial charge in [-0.15, -0.1) is 12.4 Å². The predicted octanol–water partition coefficient (Wildman–Crippen LogP) is 1.36. The normalized spacial score (nSPS) is 20.8. The zero-order valence-corrected chi connectivity index (χ0v) is 14.2. The van der Waals surface area contributed by atoms with Crippen LogP contribution in [0.15, 0.2) is 24.3 Å². The number of aryl methyl sites for hydroxylation is 1. The fraction of sp³-hybridized carbons (Fsp3) is 0.529. The van der Waals surface area contributed by atoms with E-state index in [4.69, 9.17) is 0 Å². The summed E-state index contributed by atoms with van der Waals surface area (Å²) in [4.78, 5) is 26.1. The van der Waals surface area contributed by atoms with Gasteiger partial charge in [-0.25, -0.2) is 0 Å². The van der Waals surface area contributed by atoms with Gasteiger partial charge in [0.05, 0.1) is 5.92 Å². The first-order valence-corrected chi connectivity index (χ1v) is 8.05. The summed E-state index contributed by atoms with van der Waals surface area (Å²) in [5.74, 6) is 0.354. The molecule has 2 amide bonds. The van der Waals surface area contributed by atoms with Crippen LogP contribution in [0.3, 0.4) is 0 Å². The van der Waals surface area contributed by atoms with E-state index in [1.807, 2.05) is 24.3 Å². The average Bonchev–Trinajstić information content (AvgIpc) is 2.88. The molecule has 0 radical (unpaired) electrons. The van der Waals surface area contributed by atoms with Gasteiger partial charge in [0.1, 0.15) is 0 Å². The van der Waals surface area contributed by atoms with Crippen molar-refractivity contribution in [2.75, 3.05) is 31.1 Å². The van der Waals surface area contributed by atoms with Crippen molar-refractivity contribution in [1.29, 1.82) is 0 Å². The minimum atomic E-state index is -0.230. The van der Waals surface area contributed by atoms with Gasteiger partial charge >= 0.3 is 0 Å². The van der Waals surface area contributed by atoms with E-state index < -0.39 is 0 Å². The summed E-state index contributed by atoms with van der Waals surface area (Å²) in [6, 6.07) is 8.02. The predicted molar refractivity (Wildman–Crippen MR) is 92.9 cm³/mol. The highest BCUT2D eigenvalue weighted by Crippen LogP contribution is 2.25. The van der Waals surface area contributed by atoms with Crippen LogP contribution in [0.25, 0.3) is 0 Å². The minimum Gasteiger partial charge on any atom is -0.355 e. The van der Waals surface area contributed by atoms with Crippen LogP contribution in [0.2, 0.25) is 0 Å². The lowest BCUT2D eigenvalue weighted by molar-refractivity contribution is -0.126. The second-order valence-electron chi connectivity index (χ2n) is 6.19. The van der Waals surface area contributed by atoms with Crippen molar-refractivity contribution in [2.24, 2.45) is 11.8 Å². The number of carbonyl (C=O) groups is 2. The number of halogens is 1. The van der Waals surface area contributed by atoms with Crippen molar-refractivity contribution in [3.63, 3.8) is 0 Å². The fourth-order valence-electron chi connectivity index (χ4n) is 2.93. The quantitative estimate of drug-likeness (QED) is 0.853. The van der Waals surface area contributed by atoms with Gasteiger partial charge in [-0.05, 0) is 24.1 Å². The summed E-state index contributed by atoms with van der Waals surface area (Å²) in [5, 5.41) is 6.17. The highest BCUT2D eigenvalue weighted by molar-refractivity contribution is 6.00. The molecule has 0 saturated carbocycles. The third-order valence-electron chi connectivity index (χ3n) is 4.58. The summed E-state index contributed by atoms with van der Waals surface area (Å²) in [7, 11) is 0. The zero-order valence-electron chi connectivity index (χ0n) is 13.4. The number of hydrogen-bond donors (Lipinski definition) is 2. The van der Waals surface area contributed by atoms with Crippen LogP contribution in [-0.2, 0) is 16.0 Å². The Morgan fingerprint density at radius 2 is 2.00 bits per heavy atom. The highest BCUT2D eigenvalue weighted by atomic mass is 35.5. The number of rotatable bonds is 5. The molecule has 0 aromatic heterocycles. The van der Waals surface area contributed by atoms with Crippen LogP contribution in [0.4, 0.5) is 5.69 Å². The third-order valence-corrected chi connectivity index (χ3v) is 4.58. The van der Waals surface area contributed by atoms with E-state index in [2.05, 4.69) is 17.6 Å². The van der Waals surface area contributed by atoms with Crippen molar-refractivity contribution in [2.45, 2.75) is 19.8 Å². The molecule has 0 spiro atoms. The van der Waals surface area contributed by atoms with E-state index >= 15 is 0 Å². The van der Waals surface area contributed by atoms with Crippen LogP contribution < -0.4 is 15.5 Å². The molecule has 2 saturated heterocycles. The van der Waals surface area contributed by atoms with Gasteiger partial charge in [-0.1, -0.05) is 19.1 Å². The second kappa shape index (κ2) is 7.79. The van der Waals surface area contributed by atoms with Gasteiger partial charge in [0.2, 0.25) is 11.8 Å². The number of anilines is 1. The van der Waals surface area contributed by atoms with Gasteiger partial charge in [-0.2, -0.15) is 0 Å². The molecule has 2 aliphatic rings. The highest BCUT2D eigenvalue weighted by Gasteiger charge is 2.35. The maximum absolute atomic E-state index is 12.2. The van der Waals surface area contributed by atoms with E-state index in [9.17, 15) is 9.59 Å². The molecule has 3 rings (SSSR count). The van der Waals surface area contributed by atoms with Crippen LogP contribution in [0.1, 0.15) is 18.9 Å². The van der Waals surface area contributed by atoms with Crippen molar-refractivity contribution < 1.29 is 9.59 Å². The Balaban J connectivity index is 0.00000192. The van der Waals surface area contributed by atoms with Gasteiger partial charge in [0, 0.05) is 44.2 Å². The summed E-state index contributed by atoms with van der Waals surface area (Å²) in [5.41, 5.74) is 2.14. The standard InChI is InChI=1S/C17H23N3O2.ClH/c1-2-12-3-5-15(6-4-12)20-11-14(7-16(20)21)17(22)19-10-13-8-18-9-13;/h3-6,13-14,18H,2,7-11H2,1H3,(H,19,22);1H. The minimum absolute atomic E-state index is 0. The van der Waals surface area contributed by atoms with Crippen molar-refractivity contribution in [3.05, 3.63) is 29.8 Å². The largest absolute Gasteiger partial charge is 0.355 e. The second-order valence-corrected chi connectivity index (χ2v) is 6.19. The van der Waals surface area contributed by atoms with Crippen molar-refractivity contribution in [3.8, 4) is 0 Å². The number of nitrogens with zero attached hydrogens (tertiary/aromatic N) is 1. The molecule has 1 unspecified atom stereocenters. The van der Waals surface area contributed by atoms with Gasteiger partial charge in [0.15, 0.2) is 0 Å². The molecule has 2 fully saturated rings. The smallest absolute Gasteiger partial charge is 0.227 e. The van der Waals surface area contributed by atoms with Crippen LogP contribution in [0.5, 0.6) is 0 Å². The van der Waals surface area contributed by atoms with Gasteiger partial charge in [0.25, 0.3) is 0 Å². The Bertz CT molecular complexity index is 557. The molecule has 23 heavy (non-hydrogen) atoms. The number of hydrogen-bond acceptors (Lipinski definition) is 3. The van der Waals surface area contributed by atoms with E-state index in [1.165, 1.54) is 5.56 Å². The summed E-state index contributed by atoms with van der Waals surface area (Å²) >= 11 is 0. The lowest BCUT2D eigenvalue weighted by Crippen LogP contribution is -2.49. The monoisotopic (exact) mass is 337 g/mol. The maximum Gasteiger partial charge on any atom is 0.227 e. The van der Waals surface area contributed by atoms with Gasteiger partial charge < -0.3 is 15.5 Å². The van der Waals surface area contributed by atoms with Crippen molar-refractivity contribution >= 4 is 29.9 Å². The third kappa shape index (κ3) is 4.03. The van der Waals surface area contributed by atoms with Crippen LogP contribution >= 0.6 is 12.4 Å². The van der Waals surface area contributed by atoms with E-state index in [0.29, 0.717) is 25.4 Å². The first kappa shape index (κ1) is 17.8. The summed E-state index contributed by atoms with van der Waals surface area (Å²) in [6.07, 6.45) is 1.29. The zero-order chi connectivity index (χ0) is 15.5. The lowest BCUT2D eigenvalue weighted by atomic mass is 10.0. The molecule has 126 valence electrons. The molecule has 1 aromatic rings. The summed E-state index contributed by atoms with van der Waals surface area (Å²) in [6.45, 7) is 5.24. The Morgan fingerprint density at radius 1 is 1.30 bits per heavy atom. The van der Waals surface area contributed by atoms with Gasteiger partial charge in [-0.3, -0.25) is 9.59 Å². The molecule has 2 aliphatic heterocycles. The molecule has 0 aliphatic carbocycles. The Kier molecular flexibility index (Phi) is 6.02. The van der Waals surface area contributed by atoms with Crippen LogP contribution in [-0.4, -0.2) is 38.0 Å². The molecule has 1 atom stereocenters. The van der Waals surface area contributed by atoms with E-state index in [1.54, 1.807) is 4.90 Å². The fourth-order valence-corrected chi connectivity index (χ4v) is 2.93. The first-order chi connectivity index (χ1) is 10.7. The molecule has 0 bridgehead atoms. The van der Waals surface area contributed by atoms with Crippen LogP contribution in [0, 0.1) is 11.8 Å². The molecule has 5 nitrogen and oxygen atoms in total. The molecular formula is C17H24ClN3O2. The number of benzene rings is 1. The number of nitrogens with one attached hydrogen (secondary N) is 2. The Morgan fingerprint density at radius 3 is 2.57 bits per heavy atom. The van der Waals surface area contributed by atoms with Crippen molar-refractivity contribution in [1.82, 2.24) is 10.6 Å². The molecule has 1 aromatic carbocycles. The molecular weight excluding hydrogens is 314 g/mol. The first-order valence-electron chi connectivity index (χ1n) is 8.05. The number of amides is 2. The molecule has 6 heteroatoms. The van der Waals surface area contributed by atoms with E-state index in [-0.39, 0.29) is 30.1 Å². The maximum atomic E-state index is 12.2. The lowest BCUT2D eigenvalue weighted by Gasteiger charge is -2.27. The SMILES string of the molecule is CCc1ccc(N2CC(C(=O)NCC3CNC3)CC2=O)cc1.Cl. The average molecular weight is 338 g/mol. The number of carbonyl (C=O) groups excluding carboxylic acids is 2. The Labute approximate surface area is 143 Å².